The van der Waals surface area contributed by atoms with E-state index in [2.05, 4.69) is 88.0 Å². The van der Waals surface area contributed by atoms with E-state index < -0.39 is 0 Å². The highest BCUT2D eigenvalue weighted by molar-refractivity contribution is 6.17. The SMILES string of the molecule is CCC(CC)n1c(CCCCl)cc2c3c(N)nc(N)nc3ccc21.CCc1cc2c3c(N)nc(N)nc3ccc2n1C(C)CC. The van der Waals surface area contributed by atoms with E-state index in [4.69, 9.17) is 34.5 Å². The second kappa shape index (κ2) is 13.4. The maximum absolute atomic E-state index is 6.16. The maximum atomic E-state index is 6.16. The second-order valence-electron chi connectivity index (χ2n) is 11.6. The molecule has 238 valence electrons. The average Bonchev–Trinajstić information content (AvgIpc) is 3.58. The molecule has 4 heterocycles. The number of hydrogen-bond acceptors (Lipinski definition) is 8. The number of anilines is 4. The Balaban J connectivity index is 0.000000179. The molecular weight excluding hydrogens is 584 g/mol. The Labute approximate surface area is 269 Å². The van der Waals surface area contributed by atoms with Crippen LogP contribution in [0.4, 0.5) is 23.5 Å². The van der Waals surface area contributed by atoms with E-state index in [1.807, 2.05) is 12.1 Å². The highest BCUT2D eigenvalue weighted by Gasteiger charge is 2.19. The van der Waals surface area contributed by atoms with Gasteiger partial charge in [-0.05, 0) is 81.8 Å². The Bertz CT molecular complexity index is 1970. The summed E-state index contributed by atoms with van der Waals surface area (Å²) in [5, 5.41) is 4.00. The minimum absolute atomic E-state index is 0.209. The van der Waals surface area contributed by atoms with Crippen LogP contribution < -0.4 is 22.9 Å². The van der Waals surface area contributed by atoms with Gasteiger partial charge in [0.05, 0.1) is 21.8 Å². The standard InChI is InChI=1S/C18H24ClN5.C16H21N5/c1-3-11(4-2)24-12(6-5-9-19)10-13-15(24)8-7-14-16(13)17(20)23-18(21)22-14;1-4-9(3)21-10(5-2)8-11-13(21)7-6-12-14(11)15(17)20-16(18)19-12/h7-8,10-11H,3-6,9H2,1-2H3,(H4,20,21,22,23);6-9H,4-5H2,1-3H3,(H4,17,18,19,20). The molecule has 4 aromatic heterocycles. The molecule has 0 amide bonds. The van der Waals surface area contributed by atoms with Gasteiger partial charge >= 0.3 is 0 Å². The zero-order valence-corrected chi connectivity index (χ0v) is 27.7. The Kier molecular flexibility index (Phi) is 9.53. The van der Waals surface area contributed by atoms with Gasteiger partial charge in [-0.2, -0.15) is 9.97 Å². The van der Waals surface area contributed by atoms with Crippen LogP contribution in [-0.2, 0) is 12.8 Å². The Morgan fingerprint density at radius 2 is 1.20 bits per heavy atom. The summed E-state index contributed by atoms with van der Waals surface area (Å²) in [7, 11) is 0. The molecule has 0 aliphatic rings. The third-order valence-corrected chi connectivity index (χ3v) is 9.15. The molecule has 2 aromatic carbocycles. The first-order chi connectivity index (χ1) is 21.7. The third kappa shape index (κ3) is 5.91. The normalized spacial score (nSPS) is 12.4. The first-order valence-corrected chi connectivity index (χ1v) is 16.5. The maximum Gasteiger partial charge on any atom is 0.222 e. The van der Waals surface area contributed by atoms with Crippen molar-refractivity contribution in [2.24, 2.45) is 0 Å². The van der Waals surface area contributed by atoms with E-state index in [-0.39, 0.29) is 11.9 Å². The highest BCUT2D eigenvalue weighted by atomic mass is 35.5. The van der Waals surface area contributed by atoms with Crippen molar-refractivity contribution < 1.29 is 0 Å². The summed E-state index contributed by atoms with van der Waals surface area (Å²) in [6, 6.07) is 13.5. The number of fused-ring (bicyclic) bond motifs is 6. The summed E-state index contributed by atoms with van der Waals surface area (Å²) in [5.41, 5.74) is 30.3. The molecule has 1 unspecified atom stereocenters. The summed E-state index contributed by atoms with van der Waals surface area (Å²) < 4.78 is 4.84. The van der Waals surface area contributed by atoms with Crippen molar-refractivity contribution in [3.05, 3.63) is 47.8 Å². The molecular formula is C34H45ClN10. The van der Waals surface area contributed by atoms with Gasteiger partial charge in [0.2, 0.25) is 11.9 Å². The second-order valence-corrected chi connectivity index (χ2v) is 12.0. The fourth-order valence-electron chi connectivity index (χ4n) is 6.57. The van der Waals surface area contributed by atoms with Crippen molar-refractivity contribution in [1.29, 1.82) is 0 Å². The van der Waals surface area contributed by atoms with Gasteiger partial charge in [-0.15, -0.1) is 11.6 Å². The van der Waals surface area contributed by atoms with Gasteiger partial charge in [0.15, 0.2) is 0 Å². The lowest BCUT2D eigenvalue weighted by Gasteiger charge is -2.20. The predicted molar refractivity (Wildman–Crippen MR) is 191 cm³/mol. The van der Waals surface area contributed by atoms with Gasteiger partial charge < -0.3 is 32.1 Å². The Morgan fingerprint density at radius 1 is 0.689 bits per heavy atom. The molecule has 0 radical (unpaired) electrons. The van der Waals surface area contributed by atoms with Gasteiger partial charge in [0.1, 0.15) is 11.6 Å². The largest absolute Gasteiger partial charge is 0.383 e. The van der Waals surface area contributed by atoms with Crippen molar-refractivity contribution >= 4 is 78.7 Å². The zero-order valence-electron chi connectivity index (χ0n) is 26.9. The van der Waals surface area contributed by atoms with Crippen LogP contribution in [0.25, 0.3) is 43.6 Å². The molecule has 11 heteroatoms. The molecule has 6 aromatic rings. The molecule has 10 nitrogen and oxygen atoms in total. The zero-order chi connectivity index (χ0) is 32.4. The van der Waals surface area contributed by atoms with E-state index in [1.54, 1.807) is 0 Å². The lowest BCUT2D eigenvalue weighted by Crippen LogP contribution is -2.10. The molecule has 0 saturated carbocycles. The molecule has 6 rings (SSSR count). The number of nitrogen functional groups attached to an aromatic ring is 4. The van der Waals surface area contributed by atoms with Crippen LogP contribution in [0.5, 0.6) is 0 Å². The first-order valence-electron chi connectivity index (χ1n) is 15.9. The van der Waals surface area contributed by atoms with Crippen LogP contribution in [-0.4, -0.2) is 35.0 Å². The number of benzene rings is 2. The van der Waals surface area contributed by atoms with Crippen LogP contribution in [0.2, 0.25) is 0 Å². The monoisotopic (exact) mass is 628 g/mol. The molecule has 0 fully saturated rings. The first kappa shape index (κ1) is 32.1. The minimum Gasteiger partial charge on any atom is -0.383 e. The quantitative estimate of drug-likeness (QED) is 0.119. The number of aromatic nitrogens is 6. The van der Waals surface area contributed by atoms with Gasteiger partial charge in [0.25, 0.3) is 0 Å². The number of hydrogen-bond donors (Lipinski definition) is 4. The van der Waals surface area contributed by atoms with E-state index in [0.29, 0.717) is 29.6 Å². The van der Waals surface area contributed by atoms with Crippen LogP contribution in [0.1, 0.15) is 83.8 Å². The van der Waals surface area contributed by atoms with E-state index >= 15 is 0 Å². The third-order valence-electron chi connectivity index (χ3n) is 8.88. The molecule has 0 bridgehead atoms. The van der Waals surface area contributed by atoms with Crippen molar-refractivity contribution in [2.75, 3.05) is 28.8 Å². The van der Waals surface area contributed by atoms with Crippen LogP contribution in [0.15, 0.2) is 36.4 Å². The number of rotatable bonds is 9. The Hall–Kier alpha value is -4.31. The highest BCUT2D eigenvalue weighted by Crippen LogP contribution is 2.36. The van der Waals surface area contributed by atoms with E-state index in [0.717, 1.165) is 71.1 Å². The van der Waals surface area contributed by atoms with Crippen molar-refractivity contribution in [1.82, 2.24) is 29.1 Å². The number of alkyl halides is 1. The fourth-order valence-corrected chi connectivity index (χ4v) is 6.70. The number of halogens is 1. The molecule has 8 N–H and O–H groups in total. The summed E-state index contributed by atoms with van der Waals surface area (Å²) in [6.07, 6.45) is 6.14. The number of nitrogens with two attached hydrogens (primary N) is 4. The van der Waals surface area contributed by atoms with Gasteiger partial charge in [-0.3, -0.25) is 0 Å². The molecule has 45 heavy (non-hydrogen) atoms. The van der Waals surface area contributed by atoms with Crippen molar-refractivity contribution in [3.8, 4) is 0 Å². The van der Waals surface area contributed by atoms with Crippen LogP contribution in [0.3, 0.4) is 0 Å². The van der Waals surface area contributed by atoms with Gasteiger partial charge in [-0.1, -0.05) is 27.7 Å². The molecule has 0 aliphatic carbocycles. The fraction of sp³-hybridized carbons (Fsp3) is 0.412. The lowest BCUT2D eigenvalue weighted by molar-refractivity contribution is 0.470. The minimum atomic E-state index is 0.209. The molecule has 0 spiro atoms. The van der Waals surface area contributed by atoms with Crippen molar-refractivity contribution in [2.45, 2.75) is 85.2 Å². The molecule has 1 atom stereocenters. The Morgan fingerprint density at radius 3 is 1.67 bits per heavy atom. The number of aryl methyl sites for hydroxylation is 2. The summed E-state index contributed by atoms with van der Waals surface area (Å²) in [5.74, 6) is 1.98. The van der Waals surface area contributed by atoms with Crippen molar-refractivity contribution in [3.63, 3.8) is 0 Å². The van der Waals surface area contributed by atoms with Gasteiger partial charge in [0, 0.05) is 51.2 Å². The number of nitrogens with zero attached hydrogens (tertiary/aromatic N) is 6. The predicted octanol–water partition coefficient (Wildman–Crippen LogP) is 7.56. The smallest absolute Gasteiger partial charge is 0.222 e. The van der Waals surface area contributed by atoms with Gasteiger partial charge in [-0.25, -0.2) is 9.97 Å². The average molecular weight is 629 g/mol. The van der Waals surface area contributed by atoms with Crippen LogP contribution in [0, 0.1) is 0 Å². The molecule has 0 aliphatic heterocycles. The topological polar surface area (TPSA) is 166 Å². The summed E-state index contributed by atoms with van der Waals surface area (Å²) >= 11 is 5.92. The lowest BCUT2D eigenvalue weighted by atomic mass is 10.1. The summed E-state index contributed by atoms with van der Waals surface area (Å²) in [6.45, 7) is 11.1. The van der Waals surface area contributed by atoms with Crippen LogP contribution >= 0.6 is 11.6 Å². The van der Waals surface area contributed by atoms with E-state index in [1.165, 1.54) is 22.4 Å². The summed E-state index contributed by atoms with van der Waals surface area (Å²) in [4.78, 5) is 16.9. The van der Waals surface area contributed by atoms with E-state index in [9.17, 15) is 0 Å². The molecule has 0 saturated heterocycles.